The van der Waals surface area contributed by atoms with Crippen LogP contribution in [0.5, 0.6) is 0 Å². The molecule has 2 aromatic carbocycles. The van der Waals surface area contributed by atoms with Gasteiger partial charge in [-0.1, -0.05) is 29.0 Å². The summed E-state index contributed by atoms with van der Waals surface area (Å²) in [6.07, 6.45) is 1.49. The number of carbonyl (C=O) groups is 1. The Morgan fingerprint density at radius 1 is 1.16 bits per heavy atom. The number of aryl methyl sites for hydroxylation is 1. The predicted molar refractivity (Wildman–Crippen MR) is 120 cm³/mol. The van der Waals surface area contributed by atoms with E-state index in [1.54, 1.807) is 29.8 Å². The Balaban J connectivity index is 1.59. The van der Waals surface area contributed by atoms with Crippen molar-refractivity contribution in [2.75, 3.05) is 7.05 Å². The van der Waals surface area contributed by atoms with Gasteiger partial charge in [-0.3, -0.25) is 4.79 Å². The second kappa shape index (κ2) is 8.43. The molecule has 0 aliphatic rings. The first-order valence-electron chi connectivity index (χ1n) is 9.19. The lowest BCUT2D eigenvalue weighted by atomic mass is 10.2. The molecule has 0 N–H and O–H groups in total. The molecule has 0 bridgehead atoms. The zero-order valence-corrected chi connectivity index (χ0v) is 19.0. The smallest absolute Gasteiger partial charge is 0.279 e. The number of para-hydroxylation sites is 1. The Kier molecular flexibility index (Phi) is 5.85. The number of hydrogen-bond donors (Lipinski definition) is 0. The summed E-state index contributed by atoms with van der Waals surface area (Å²) in [6.45, 7) is 0.107. The Bertz CT molecular complexity index is 1420. The van der Waals surface area contributed by atoms with E-state index < -0.39 is 15.9 Å². The largest absolute Gasteiger partial charge is 0.468 e. The van der Waals surface area contributed by atoms with E-state index in [0.717, 1.165) is 10.2 Å². The number of carbonyl (C=O) groups excluding carboxylic acids is 1. The molecule has 0 radical (unpaired) electrons. The van der Waals surface area contributed by atoms with Crippen LogP contribution in [0.25, 0.3) is 10.2 Å². The van der Waals surface area contributed by atoms with Crippen molar-refractivity contribution in [2.45, 2.75) is 11.4 Å². The van der Waals surface area contributed by atoms with Crippen LogP contribution in [-0.4, -0.2) is 30.2 Å². The minimum absolute atomic E-state index is 0.0808. The Morgan fingerprint density at radius 2 is 1.90 bits per heavy atom. The minimum atomic E-state index is -3.73. The third-order valence-corrected chi connectivity index (χ3v) is 7.96. The van der Waals surface area contributed by atoms with Crippen molar-refractivity contribution in [2.24, 2.45) is 12.0 Å². The highest BCUT2D eigenvalue weighted by atomic mass is 35.5. The number of sulfonamides is 1. The van der Waals surface area contributed by atoms with Gasteiger partial charge in [0.25, 0.3) is 5.91 Å². The van der Waals surface area contributed by atoms with E-state index in [0.29, 0.717) is 15.6 Å². The number of nitrogens with zero attached hydrogens (tertiary/aromatic N) is 3. The summed E-state index contributed by atoms with van der Waals surface area (Å²) < 4.78 is 34.6. The van der Waals surface area contributed by atoms with Gasteiger partial charge in [-0.2, -0.15) is 9.30 Å². The molecule has 4 aromatic rings. The topological polar surface area (TPSA) is 84.9 Å². The predicted octanol–water partition coefficient (Wildman–Crippen LogP) is 4.05. The standard InChI is InChI=1S/C21H18ClN3O4S2/c1-24(13-15-5-4-12-29-15)31(27,28)16-10-8-14(9-11-16)20(26)23-21-25(2)19-17(22)6-3-7-18(19)30-21/h3-12H,13H2,1-2H3. The van der Waals surface area contributed by atoms with Crippen molar-refractivity contribution < 1.29 is 17.6 Å². The molecule has 0 spiro atoms. The van der Waals surface area contributed by atoms with Crippen molar-refractivity contribution in [1.29, 1.82) is 0 Å². The third kappa shape index (κ3) is 4.22. The summed E-state index contributed by atoms with van der Waals surface area (Å²) in [5.74, 6) is 0.0687. The molecule has 1 amide bonds. The van der Waals surface area contributed by atoms with Crippen LogP contribution in [0.2, 0.25) is 5.02 Å². The second-order valence-electron chi connectivity index (χ2n) is 6.81. The highest BCUT2D eigenvalue weighted by Gasteiger charge is 2.22. The van der Waals surface area contributed by atoms with E-state index in [9.17, 15) is 13.2 Å². The number of halogens is 1. The van der Waals surface area contributed by atoms with Gasteiger partial charge in [0, 0.05) is 19.7 Å². The maximum absolute atomic E-state index is 12.8. The fraction of sp³-hybridized carbons (Fsp3) is 0.143. The van der Waals surface area contributed by atoms with E-state index in [4.69, 9.17) is 16.0 Å². The van der Waals surface area contributed by atoms with Crippen molar-refractivity contribution in [3.8, 4) is 0 Å². The number of furan rings is 1. The first-order chi connectivity index (χ1) is 14.8. The van der Waals surface area contributed by atoms with Crippen molar-refractivity contribution in [3.63, 3.8) is 0 Å². The highest BCUT2D eigenvalue weighted by molar-refractivity contribution is 7.89. The van der Waals surface area contributed by atoms with Gasteiger partial charge in [0.2, 0.25) is 10.0 Å². The third-order valence-electron chi connectivity index (χ3n) is 4.74. The van der Waals surface area contributed by atoms with Crippen LogP contribution >= 0.6 is 22.9 Å². The lowest BCUT2D eigenvalue weighted by Gasteiger charge is -2.16. The number of benzene rings is 2. The van der Waals surface area contributed by atoms with E-state index in [-0.39, 0.29) is 17.0 Å². The molecule has 0 fully saturated rings. The SMILES string of the molecule is CN(Cc1ccco1)S(=O)(=O)c1ccc(C(=O)N=c2sc3cccc(Cl)c3n2C)cc1. The van der Waals surface area contributed by atoms with Crippen LogP contribution in [0.1, 0.15) is 16.1 Å². The quantitative estimate of drug-likeness (QED) is 0.436. The van der Waals surface area contributed by atoms with Gasteiger partial charge in [0.05, 0.1) is 32.9 Å². The molecular formula is C21H18ClN3O4S2. The molecule has 0 aliphatic heterocycles. The summed E-state index contributed by atoms with van der Waals surface area (Å²) in [5.41, 5.74) is 1.10. The Morgan fingerprint density at radius 3 is 2.55 bits per heavy atom. The number of rotatable bonds is 5. The number of fused-ring (bicyclic) bond motifs is 1. The van der Waals surface area contributed by atoms with Crippen molar-refractivity contribution in [1.82, 2.24) is 8.87 Å². The molecule has 0 aliphatic carbocycles. The van der Waals surface area contributed by atoms with E-state index in [1.165, 1.54) is 53.2 Å². The molecule has 2 heterocycles. The van der Waals surface area contributed by atoms with E-state index in [2.05, 4.69) is 4.99 Å². The summed E-state index contributed by atoms with van der Waals surface area (Å²) in [4.78, 5) is 17.4. The molecule has 0 unspecified atom stereocenters. The summed E-state index contributed by atoms with van der Waals surface area (Å²) in [5, 5.41) is 0.582. The molecule has 0 saturated carbocycles. The second-order valence-corrected chi connectivity index (χ2v) is 10.3. The summed E-state index contributed by atoms with van der Waals surface area (Å²) in [7, 11) is -0.466. The number of hydrogen-bond acceptors (Lipinski definition) is 5. The number of amides is 1. The maximum atomic E-state index is 12.8. The van der Waals surface area contributed by atoms with Gasteiger partial charge in [-0.15, -0.1) is 0 Å². The van der Waals surface area contributed by atoms with Crippen LogP contribution in [0.15, 0.2) is 75.2 Å². The molecule has 160 valence electrons. The van der Waals surface area contributed by atoms with Gasteiger partial charge < -0.3 is 8.98 Å². The zero-order valence-electron chi connectivity index (χ0n) is 16.6. The lowest BCUT2D eigenvalue weighted by Crippen LogP contribution is -2.26. The van der Waals surface area contributed by atoms with Crippen LogP contribution in [0.3, 0.4) is 0 Å². The van der Waals surface area contributed by atoms with Crippen LogP contribution < -0.4 is 4.80 Å². The maximum Gasteiger partial charge on any atom is 0.279 e. The van der Waals surface area contributed by atoms with Gasteiger partial charge in [-0.25, -0.2) is 8.42 Å². The average Bonchev–Trinajstić information content (AvgIpc) is 3.36. The van der Waals surface area contributed by atoms with Gasteiger partial charge >= 0.3 is 0 Å². The normalized spacial score (nSPS) is 12.7. The summed E-state index contributed by atoms with van der Waals surface area (Å²) in [6, 6.07) is 14.7. The van der Waals surface area contributed by atoms with Gasteiger partial charge in [-0.05, 0) is 48.5 Å². The number of thiazole rings is 1. The Labute approximate surface area is 187 Å². The van der Waals surface area contributed by atoms with Crippen LogP contribution in [0.4, 0.5) is 0 Å². The molecule has 0 saturated heterocycles. The minimum Gasteiger partial charge on any atom is -0.468 e. The van der Waals surface area contributed by atoms with Crippen LogP contribution in [-0.2, 0) is 23.6 Å². The fourth-order valence-electron chi connectivity index (χ4n) is 3.07. The summed E-state index contributed by atoms with van der Waals surface area (Å²) >= 11 is 7.61. The molecule has 31 heavy (non-hydrogen) atoms. The zero-order chi connectivity index (χ0) is 22.2. The lowest BCUT2D eigenvalue weighted by molar-refractivity contribution is 0.0998. The molecule has 2 aromatic heterocycles. The molecular weight excluding hydrogens is 458 g/mol. The average molecular weight is 476 g/mol. The molecule has 4 rings (SSSR count). The number of aromatic nitrogens is 1. The molecule has 0 atom stereocenters. The highest BCUT2D eigenvalue weighted by Crippen LogP contribution is 2.24. The van der Waals surface area contributed by atoms with Crippen LogP contribution in [0, 0.1) is 0 Å². The van der Waals surface area contributed by atoms with Gasteiger partial charge in [0.1, 0.15) is 5.76 Å². The first kappa shape index (κ1) is 21.5. The fourth-order valence-corrected chi connectivity index (χ4v) is 5.61. The van der Waals surface area contributed by atoms with Crippen molar-refractivity contribution >= 4 is 49.1 Å². The first-order valence-corrected chi connectivity index (χ1v) is 11.8. The van der Waals surface area contributed by atoms with Crippen molar-refractivity contribution in [3.05, 3.63) is 82.0 Å². The molecule has 10 heteroatoms. The monoisotopic (exact) mass is 475 g/mol. The Hall–Kier alpha value is -2.72. The van der Waals surface area contributed by atoms with E-state index >= 15 is 0 Å². The van der Waals surface area contributed by atoms with E-state index in [1.807, 2.05) is 12.1 Å². The van der Waals surface area contributed by atoms with Gasteiger partial charge in [0.15, 0.2) is 4.80 Å². The molecule has 7 nitrogen and oxygen atoms in total.